The van der Waals surface area contributed by atoms with Gasteiger partial charge in [0.1, 0.15) is 11.4 Å². The van der Waals surface area contributed by atoms with Gasteiger partial charge in [-0.25, -0.2) is 4.98 Å². The van der Waals surface area contributed by atoms with Crippen molar-refractivity contribution in [3.63, 3.8) is 0 Å². The number of rotatable bonds is 5. The molecule has 0 N–H and O–H groups in total. The SMILES string of the molecule is CCN(C(=O)Cn1cnc2sc(-c3ccccc3)cc2c1=O)C1CCCCC1. The van der Waals surface area contributed by atoms with Crippen LogP contribution in [0.5, 0.6) is 0 Å². The maximum Gasteiger partial charge on any atom is 0.262 e. The van der Waals surface area contributed by atoms with Crippen molar-refractivity contribution >= 4 is 27.5 Å². The molecule has 5 nitrogen and oxygen atoms in total. The van der Waals surface area contributed by atoms with Crippen LogP contribution in [0.2, 0.25) is 0 Å². The highest BCUT2D eigenvalue weighted by atomic mass is 32.1. The quantitative estimate of drug-likeness (QED) is 0.647. The molecule has 1 aliphatic rings. The molecule has 0 radical (unpaired) electrons. The standard InChI is InChI=1S/C22H25N3O2S/c1-2-25(17-11-7-4-8-12-17)20(26)14-24-15-23-21-18(22(24)27)13-19(28-21)16-9-5-3-6-10-16/h3,5-6,9-10,13,15,17H,2,4,7-8,11-12,14H2,1H3. The largest absolute Gasteiger partial charge is 0.338 e. The Hall–Kier alpha value is -2.47. The molecule has 1 fully saturated rings. The second kappa shape index (κ2) is 8.27. The number of benzene rings is 1. The van der Waals surface area contributed by atoms with Crippen molar-refractivity contribution in [2.75, 3.05) is 6.54 Å². The average molecular weight is 396 g/mol. The number of carbonyl (C=O) groups is 1. The Balaban J connectivity index is 1.59. The van der Waals surface area contributed by atoms with Gasteiger partial charge in [0.25, 0.3) is 5.56 Å². The predicted octanol–water partition coefficient (Wildman–Crippen LogP) is 4.31. The second-order valence-electron chi connectivity index (χ2n) is 7.34. The molecule has 0 atom stereocenters. The van der Waals surface area contributed by atoms with Crippen LogP contribution in [0.15, 0.2) is 47.5 Å². The number of nitrogens with zero attached hydrogens (tertiary/aromatic N) is 3. The lowest BCUT2D eigenvalue weighted by Gasteiger charge is -2.33. The molecule has 0 unspecified atom stereocenters. The molecule has 0 saturated heterocycles. The van der Waals surface area contributed by atoms with Crippen LogP contribution in [0.1, 0.15) is 39.0 Å². The highest BCUT2D eigenvalue weighted by Crippen LogP contribution is 2.30. The van der Waals surface area contributed by atoms with Gasteiger partial charge in [0, 0.05) is 17.5 Å². The van der Waals surface area contributed by atoms with Gasteiger partial charge in [-0.15, -0.1) is 11.3 Å². The molecule has 1 amide bonds. The number of thiophene rings is 1. The summed E-state index contributed by atoms with van der Waals surface area (Å²) in [5.41, 5.74) is 0.929. The summed E-state index contributed by atoms with van der Waals surface area (Å²) in [7, 11) is 0. The molecule has 28 heavy (non-hydrogen) atoms. The van der Waals surface area contributed by atoms with Crippen LogP contribution in [0.25, 0.3) is 20.7 Å². The minimum absolute atomic E-state index is 0.0103. The molecule has 1 aromatic carbocycles. The summed E-state index contributed by atoms with van der Waals surface area (Å²) in [4.78, 5) is 34.0. The number of hydrogen-bond donors (Lipinski definition) is 0. The first-order valence-electron chi connectivity index (χ1n) is 10.0. The van der Waals surface area contributed by atoms with Crippen molar-refractivity contribution < 1.29 is 4.79 Å². The van der Waals surface area contributed by atoms with E-state index in [4.69, 9.17) is 0 Å². The van der Waals surface area contributed by atoms with Crippen molar-refractivity contribution in [2.24, 2.45) is 0 Å². The van der Waals surface area contributed by atoms with Gasteiger partial charge in [0.15, 0.2) is 0 Å². The van der Waals surface area contributed by atoms with Gasteiger partial charge in [-0.2, -0.15) is 0 Å². The van der Waals surface area contributed by atoms with Crippen molar-refractivity contribution in [3.8, 4) is 10.4 Å². The molecule has 146 valence electrons. The number of hydrogen-bond acceptors (Lipinski definition) is 4. The van der Waals surface area contributed by atoms with Gasteiger partial charge in [0.2, 0.25) is 5.91 Å². The first kappa shape index (κ1) is 18.9. The maximum atomic E-state index is 13.0. The number of carbonyl (C=O) groups excluding carboxylic acids is 1. The Morgan fingerprint density at radius 2 is 1.96 bits per heavy atom. The Morgan fingerprint density at radius 1 is 1.21 bits per heavy atom. The van der Waals surface area contributed by atoms with Gasteiger partial charge < -0.3 is 4.90 Å². The Labute approximate surface area is 168 Å². The summed E-state index contributed by atoms with van der Waals surface area (Å²) in [6.45, 7) is 2.76. The zero-order valence-corrected chi connectivity index (χ0v) is 17.0. The Kier molecular flexibility index (Phi) is 5.57. The second-order valence-corrected chi connectivity index (χ2v) is 8.38. The summed E-state index contributed by atoms with van der Waals surface area (Å²) in [6, 6.07) is 12.2. The van der Waals surface area contributed by atoms with Gasteiger partial charge in [-0.1, -0.05) is 49.6 Å². The van der Waals surface area contributed by atoms with E-state index in [1.807, 2.05) is 48.2 Å². The first-order chi connectivity index (χ1) is 13.7. The number of aromatic nitrogens is 2. The van der Waals surface area contributed by atoms with E-state index >= 15 is 0 Å². The van der Waals surface area contributed by atoms with Crippen molar-refractivity contribution in [1.82, 2.24) is 14.5 Å². The van der Waals surface area contributed by atoms with E-state index in [1.165, 1.54) is 41.5 Å². The van der Waals surface area contributed by atoms with Gasteiger partial charge in [-0.3, -0.25) is 14.2 Å². The third-order valence-electron chi connectivity index (χ3n) is 5.56. The fourth-order valence-electron chi connectivity index (χ4n) is 4.08. The zero-order valence-electron chi connectivity index (χ0n) is 16.1. The summed E-state index contributed by atoms with van der Waals surface area (Å²) >= 11 is 1.51. The van der Waals surface area contributed by atoms with Gasteiger partial charge in [0.05, 0.1) is 11.7 Å². The number of fused-ring (bicyclic) bond motifs is 1. The maximum absolute atomic E-state index is 13.0. The van der Waals surface area contributed by atoms with Crippen LogP contribution in [-0.2, 0) is 11.3 Å². The Morgan fingerprint density at radius 3 is 2.68 bits per heavy atom. The summed E-state index contributed by atoms with van der Waals surface area (Å²) < 4.78 is 1.46. The van der Waals surface area contributed by atoms with Crippen molar-refractivity contribution in [3.05, 3.63) is 53.1 Å². The van der Waals surface area contributed by atoms with Crippen LogP contribution in [0, 0.1) is 0 Å². The van der Waals surface area contributed by atoms with E-state index in [2.05, 4.69) is 4.98 Å². The average Bonchev–Trinajstić information content (AvgIpc) is 3.17. The summed E-state index contributed by atoms with van der Waals surface area (Å²) in [5, 5.41) is 0.583. The van der Waals surface area contributed by atoms with E-state index < -0.39 is 0 Å². The van der Waals surface area contributed by atoms with E-state index in [1.54, 1.807) is 0 Å². The molecular weight excluding hydrogens is 370 g/mol. The van der Waals surface area contributed by atoms with Crippen LogP contribution in [0.3, 0.4) is 0 Å². The fraction of sp³-hybridized carbons (Fsp3) is 0.409. The highest BCUT2D eigenvalue weighted by Gasteiger charge is 2.24. The zero-order chi connectivity index (χ0) is 19.5. The number of likely N-dealkylation sites (N-methyl/N-ethyl adjacent to an activating group) is 1. The van der Waals surface area contributed by atoms with Gasteiger partial charge >= 0.3 is 0 Å². The molecule has 0 bridgehead atoms. The van der Waals surface area contributed by atoms with E-state index in [9.17, 15) is 9.59 Å². The minimum Gasteiger partial charge on any atom is -0.338 e. The predicted molar refractivity (Wildman–Crippen MR) is 114 cm³/mol. The fourth-order valence-corrected chi connectivity index (χ4v) is 5.08. The van der Waals surface area contributed by atoms with Crippen molar-refractivity contribution in [2.45, 2.75) is 51.6 Å². The Bertz CT molecular complexity index is 1020. The van der Waals surface area contributed by atoms with E-state index in [-0.39, 0.29) is 18.0 Å². The normalized spacial score (nSPS) is 15.0. The molecule has 4 rings (SSSR count). The van der Waals surface area contributed by atoms with Crippen LogP contribution >= 0.6 is 11.3 Å². The third kappa shape index (κ3) is 3.74. The molecule has 1 aliphatic carbocycles. The highest BCUT2D eigenvalue weighted by molar-refractivity contribution is 7.21. The molecule has 3 aromatic rings. The first-order valence-corrected chi connectivity index (χ1v) is 10.8. The monoisotopic (exact) mass is 395 g/mol. The molecular formula is C22H25N3O2S. The molecule has 0 spiro atoms. The lowest BCUT2D eigenvalue weighted by atomic mass is 9.94. The van der Waals surface area contributed by atoms with Gasteiger partial charge in [-0.05, 0) is 31.4 Å². The number of amides is 1. The van der Waals surface area contributed by atoms with Crippen LogP contribution < -0.4 is 5.56 Å². The van der Waals surface area contributed by atoms with Crippen molar-refractivity contribution in [1.29, 1.82) is 0 Å². The molecule has 2 heterocycles. The molecule has 2 aromatic heterocycles. The molecule has 1 saturated carbocycles. The third-order valence-corrected chi connectivity index (χ3v) is 6.65. The topological polar surface area (TPSA) is 55.2 Å². The molecule has 6 heteroatoms. The molecule has 0 aliphatic heterocycles. The van der Waals surface area contributed by atoms with Crippen LogP contribution in [0.4, 0.5) is 0 Å². The summed E-state index contributed by atoms with van der Waals surface area (Å²) in [6.07, 6.45) is 7.26. The smallest absolute Gasteiger partial charge is 0.262 e. The van der Waals surface area contributed by atoms with E-state index in [0.717, 1.165) is 23.3 Å². The minimum atomic E-state index is -0.142. The lowest BCUT2D eigenvalue weighted by Crippen LogP contribution is -2.44. The van der Waals surface area contributed by atoms with E-state index in [0.29, 0.717) is 22.8 Å². The lowest BCUT2D eigenvalue weighted by molar-refractivity contribution is -0.134. The summed E-state index contributed by atoms with van der Waals surface area (Å²) in [5.74, 6) is 0.0103. The van der Waals surface area contributed by atoms with Crippen LogP contribution in [-0.4, -0.2) is 32.9 Å².